The molecule has 21 heavy (non-hydrogen) atoms. The number of carbonyl (C=O) groups is 1. The van der Waals surface area contributed by atoms with Gasteiger partial charge in [-0.3, -0.25) is 4.79 Å². The van der Waals surface area contributed by atoms with E-state index < -0.39 is 0 Å². The van der Waals surface area contributed by atoms with Crippen LogP contribution in [0.15, 0.2) is 18.2 Å². The molecule has 118 valence electrons. The van der Waals surface area contributed by atoms with Crippen molar-refractivity contribution in [1.29, 1.82) is 0 Å². The maximum atomic E-state index is 11.9. The Morgan fingerprint density at radius 3 is 2.24 bits per heavy atom. The molecule has 4 heteroatoms. The standard InChI is InChI=1S/C17H25Cl2NO/c1-2-3-4-5-6-7-8-9-12-20-17(21)15-11-10-14(18)13-16(15)19/h10-11,13H,2-9,12H2,1H3,(H,20,21). The van der Waals surface area contributed by atoms with Crippen LogP contribution in [0.25, 0.3) is 0 Å². The van der Waals surface area contributed by atoms with Crippen molar-refractivity contribution in [2.75, 3.05) is 6.54 Å². The van der Waals surface area contributed by atoms with Gasteiger partial charge in [-0.2, -0.15) is 0 Å². The molecule has 0 saturated heterocycles. The molecule has 1 N–H and O–H groups in total. The smallest absolute Gasteiger partial charge is 0.252 e. The Labute approximate surface area is 138 Å². The number of unbranched alkanes of at least 4 members (excludes halogenated alkanes) is 7. The molecule has 1 aromatic carbocycles. The van der Waals surface area contributed by atoms with Gasteiger partial charge in [0.15, 0.2) is 0 Å². The predicted molar refractivity (Wildman–Crippen MR) is 91.4 cm³/mol. The fourth-order valence-corrected chi connectivity index (χ4v) is 2.72. The third-order valence-corrected chi connectivity index (χ3v) is 4.04. The van der Waals surface area contributed by atoms with Crippen LogP contribution in [-0.4, -0.2) is 12.5 Å². The van der Waals surface area contributed by atoms with Gasteiger partial charge in [-0.15, -0.1) is 0 Å². The number of halogens is 2. The summed E-state index contributed by atoms with van der Waals surface area (Å²) in [4.78, 5) is 11.9. The molecular weight excluding hydrogens is 305 g/mol. The molecule has 0 unspecified atom stereocenters. The summed E-state index contributed by atoms with van der Waals surface area (Å²) in [7, 11) is 0. The monoisotopic (exact) mass is 329 g/mol. The van der Waals surface area contributed by atoms with E-state index in [1.165, 1.54) is 44.9 Å². The number of benzene rings is 1. The van der Waals surface area contributed by atoms with E-state index in [2.05, 4.69) is 12.2 Å². The number of amides is 1. The largest absolute Gasteiger partial charge is 0.352 e. The van der Waals surface area contributed by atoms with Gasteiger partial charge in [-0.1, -0.05) is 75.1 Å². The van der Waals surface area contributed by atoms with Gasteiger partial charge in [-0.05, 0) is 24.6 Å². The summed E-state index contributed by atoms with van der Waals surface area (Å²) in [5, 5.41) is 3.84. The molecule has 0 aliphatic heterocycles. The lowest BCUT2D eigenvalue weighted by molar-refractivity contribution is 0.0953. The number of rotatable bonds is 10. The van der Waals surface area contributed by atoms with E-state index in [1.807, 2.05) is 0 Å². The fourth-order valence-electron chi connectivity index (χ4n) is 2.23. The Kier molecular flexibility index (Phi) is 9.53. The van der Waals surface area contributed by atoms with Crippen molar-refractivity contribution in [2.45, 2.75) is 58.3 Å². The van der Waals surface area contributed by atoms with Crippen LogP contribution in [0.4, 0.5) is 0 Å². The molecule has 1 aromatic rings. The normalized spacial score (nSPS) is 10.6. The predicted octanol–water partition coefficient (Wildman–Crippen LogP) is 5.86. The second kappa shape index (κ2) is 10.9. The molecule has 1 rings (SSSR count). The summed E-state index contributed by atoms with van der Waals surface area (Å²) in [5.41, 5.74) is 0.487. The van der Waals surface area contributed by atoms with Crippen LogP contribution in [-0.2, 0) is 0 Å². The number of hydrogen-bond donors (Lipinski definition) is 1. The average Bonchev–Trinajstić information content (AvgIpc) is 2.45. The van der Waals surface area contributed by atoms with E-state index in [-0.39, 0.29) is 5.91 Å². The zero-order valence-corrected chi connectivity index (χ0v) is 14.3. The van der Waals surface area contributed by atoms with Gasteiger partial charge in [0.1, 0.15) is 0 Å². The molecule has 1 amide bonds. The van der Waals surface area contributed by atoms with Crippen molar-refractivity contribution in [3.05, 3.63) is 33.8 Å². The Morgan fingerprint density at radius 2 is 1.62 bits per heavy atom. The fraction of sp³-hybridized carbons (Fsp3) is 0.588. The van der Waals surface area contributed by atoms with E-state index in [0.717, 1.165) is 6.42 Å². The minimum absolute atomic E-state index is 0.125. The lowest BCUT2D eigenvalue weighted by Gasteiger charge is -2.07. The van der Waals surface area contributed by atoms with E-state index in [0.29, 0.717) is 22.2 Å². The summed E-state index contributed by atoms with van der Waals surface area (Å²) < 4.78 is 0. The van der Waals surface area contributed by atoms with Crippen LogP contribution in [0.2, 0.25) is 10.0 Å². The average molecular weight is 330 g/mol. The lowest BCUT2D eigenvalue weighted by atomic mass is 10.1. The first kappa shape index (κ1) is 18.3. The van der Waals surface area contributed by atoms with Crippen molar-refractivity contribution in [3.8, 4) is 0 Å². The first-order chi connectivity index (χ1) is 10.1. The summed E-state index contributed by atoms with van der Waals surface area (Å²) in [5.74, 6) is -0.125. The highest BCUT2D eigenvalue weighted by Gasteiger charge is 2.09. The second-order valence-corrected chi connectivity index (χ2v) is 6.20. The molecule has 0 radical (unpaired) electrons. The third kappa shape index (κ3) is 7.73. The molecule has 0 atom stereocenters. The molecule has 0 heterocycles. The Bertz CT molecular complexity index is 435. The molecule has 2 nitrogen and oxygen atoms in total. The summed E-state index contributed by atoms with van der Waals surface area (Å²) in [6, 6.07) is 4.93. The summed E-state index contributed by atoms with van der Waals surface area (Å²) in [6.45, 7) is 2.93. The molecule has 0 spiro atoms. The van der Waals surface area contributed by atoms with E-state index in [4.69, 9.17) is 23.2 Å². The minimum Gasteiger partial charge on any atom is -0.352 e. The van der Waals surface area contributed by atoms with Crippen LogP contribution in [0, 0.1) is 0 Å². The Morgan fingerprint density at radius 1 is 1.00 bits per heavy atom. The zero-order chi connectivity index (χ0) is 15.5. The van der Waals surface area contributed by atoms with Gasteiger partial charge in [0, 0.05) is 11.6 Å². The van der Waals surface area contributed by atoms with E-state index in [9.17, 15) is 4.79 Å². The maximum absolute atomic E-state index is 11.9. The summed E-state index contributed by atoms with van der Waals surface area (Å²) in [6.07, 6.45) is 10.1. The van der Waals surface area contributed by atoms with Crippen molar-refractivity contribution >= 4 is 29.1 Å². The van der Waals surface area contributed by atoms with Crippen LogP contribution >= 0.6 is 23.2 Å². The van der Waals surface area contributed by atoms with Gasteiger partial charge in [0.2, 0.25) is 0 Å². The van der Waals surface area contributed by atoms with Gasteiger partial charge >= 0.3 is 0 Å². The zero-order valence-electron chi connectivity index (χ0n) is 12.8. The van der Waals surface area contributed by atoms with Gasteiger partial charge < -0.3 is 5.32 Å². The first-order valence-electron chi connectivity index (χ1n) is 7.88. The Hall–Kier alpha value is -0.730. The van der Waals surface area contributed by atoms with Crippen LogP contribution in [0.5, 0.6) is 0 Å². The van der Waals surface area contributed by atoms with Crippen LogP contribution in [0.3, 0.4) is 0 Å². The highest BCUT2D eigenvalue weighted by molar-refractivity contribution is 6.36. The van der Waals surface area contributed by atoms with Crippen molar-refractivity contribution in [2.24, 2.45) is 0 Å². The summed E-state index contributed by atoms with van der Waals surface area (Å²) >= 11 is 11.8. The molecular formula is C17H25Cl2NO. The molecule has 0 aliphatic rings. The third-order valence-electron chi connectivity index (χ3n) is 3.49. The van der Waals surface area contributed by atoms with Gasteiger partial charge in [-0.25, -0.2) is 0 Å². The van der Waals surface area contributed by atoms with Crippen LogP contribution in [0.1, 0.15) is 68.6 Å². The maximum Gasteiger partial charge on any atom is 0.252 e. The quantitative estimate of drug-likeness (QED) is 0.535. The topological polar surface area (TPSA) is 29.1 Å². The molecule has 0 fully saturated rings. The minimum atomic E-state index is -0.125. The Balaban J connectivity index is 2.11. The van der Waals surface area contributed by atoms with Gasteiger partial charge in [0.25, 0.3) is 5.91 Å². The van der Waals surface area contributed by atoms with Crippen molar-refractivity contribution in [3.63, 3.8) is 0 Å². The molecule has 0 bridgehead atoms. The molecule has 0 aromatic heterocycles. The van der Waals surface area contributed by atoms with Crippen molar-refractivity contribution < 1.29 is 4.79 Å². The van der Waals surface area contributed by atoms with E-state index in [1.54, 1.807) is 18.2 Å². The first-order valence-corrected chi connectivity index (χ1v) is 8.64. The lowest BCUT2D eigenvalue weighted by Crippen LogP contribution is -2.24. The second-order valence-electron chi connectivity index (χ2n) is 5.35. The SMILES string of the molecule is CCCCCCCCCCNC(=O)c1ccc(Cl)cc1Cl. The van der Waals surface area contributed by atoms with Crippen molar-refractivity contribution in [1.82, 2.24) is 5.32 Å². The van der Waals surface area contributed by atoms with E-state index >= 15 is 0 Å². The highest BCUT2D eigenvalue weighted by atomic mass is 35.5. The number of hydrogen-bond acceptors (Lipinski definition) is 1. The highest BCUT2D eigenvalue weighted by Crippen LogP contribution is 2.20. The molecule has 0 saturated carbocycles. The number of carbonyl (C=O) groups excluding carboxylic acids is 1. The van der Waals surface area contributed by atoms with Gasteiger partial charge in [0.05, 0.1) is 10.6 Å². The number of nitrogens with one attached hydrogen (secondary N) is 1. The molecule has 0 aliphatic carbocycles. The van der Waals surface area contributed by atoms with Crippen LogP contribution < -0.4 is 5.32 Å².